The molecule has 0 saturated heterocycles. The number of hydrogen-bond donors (Lipinski definition) is 0. The molecule has 1 atom stereocenters. The lowest BCUT2D eigenvalue weighted by atomic mass is 9.78. The van der Waals surface area contributed by atoms with Crippen molar-refractivity contribution in [1.82, 2.24) is 0 Å². The predicted molar refractivity (Wildman–Crippen MR) is 107 cm³/mol. The average molecular weight is 351 g/mol. The van der Waals surface area contributed by atoms with Gasteiger partial charge in [-0.25, -0.2) is 0 Å². The number of aryl methyl sites for hydroxylation is 2. The first-order chi connectivity index (χ1) is 12.4. The Balaban J connectivity index is 1.77. The summed E-state index contributed by atoms with van der Waals surface area (Å²) in [5.41, 5.74) is 5.25. The highest BCUT2D eigenvalue weighted by Gasteiger charge is 2.25. The smallest absolute Gasteiger partial charge is 0.316 e. The van der Waals surface area contributed by atoms with Crippen LogP contribution in [0.25, 0.3) is 0 Å². The molecule has 2 nitrogen and oxygen atoms in total. The summed E-state index contributed by atoms with van der Waals surface area (Å²) in [6.07, 6.45) is 5.61. The van der Waals surface area contributed by atoms with Crippen molar-refractivity contribution in [2.75, 3.05) is 0 Å². The SMILES string of the molecule is CCCc1ccccc1[C@@H]1CCc2cc(OC(=O)C(C)(C)C)ccc2C1. The van der Waals surface area contributed by atoms with Gasteiger partial charge < -0.3 is 4.74 Å². The first kappa shape index (κ1) is 18.7. The fraction of sp³-hybridized carbons (Fsp3) is 0.458. The van der Waals surface area contributed by atoms with Crippen LogP contribution in [-0.2, 0) is 24.1 Å². The Morgan fingerprint density at radius 1 is 1.12 bits per heavy atom. The highest BCUT2D eigenvalue weighted by atomic mass is 16.5. The molecule has 138 valence electrons. The topological polar surface area (TPSA) is 26.3 Å². The molecule has 3 rings (SSSR count). The molecule has 0 spiro atoms. The molecule has 0 unspecified atom stereocenters. The molecule has 0 aliphatic heterocycles. The molecule has 0 bridgehead atoms. The monoisotopic (exact) mass is 350 g/mol. The molecule has 2 aromatic rings. The number of rotatable bonds is 4. The van der Waals surface area contributed by atoms with Crippen LogP contribution in [0.5, 0.6) is 5.75 Å². The van der Waals surface area contributed by atoms with E-state index in [9.17, 15) is 4.79 Å². The minimum absolute atomic E-state index is 0.181. The third kappa shape index (κ3) is 4.17. The summed E-state index contributed by atoms with van der Waals surface area (Å²) in [4.78, 5) is 12.1. The molecule has 0 saturated carbocycles. The summed E-state index contributed by atoms with van der Waals surface area (Å²) in [7, 11) is 0. The fourth-order valence-electron chi connectivity index (χ4n) is 3.75. The van der Waals surface area contributed by atoms with E-state index in [2.05, 4.69) is 43.3 Å². The van der Waals surface area contributed by atoms with Gasteiger partial charge in [-0.05, 0) is 86.8 Å². The van der Waals surface area contributed by atoms with E-state index in [1.54, 1.807) is 0 Å². The van der Waals surface area contributed by atoms with Gasteiger partial charge in [0.05, 0.1) is 5.41 Å². The first-order valence-electron chi connectivity index (χ1n) is 9.80. The average Bonchev–Trinajstić information content (AvgIpc) is 2.61. The number of esters is 1. The largest absolute Gasteiger partial charge is 0.426 e. The zero-order valence-corrected chi connectivity index (χ0v) is 16.5. The third-order valence-corrected chi connectivity index (χ3v) is 5.24. The normalized spacial score (nSPS) is 16.8. The van der Waals surface area contributed by atoms with E-state index in [0.29, 0.717) is 11.7 Å². The lowest BCUT2D eigenvalue weighted by molar-refractivity contribution is -0.143. The Hall–Kier alpha value is -2.09. The molecular formula is C24H30O2. The van der Waals surface area contributed by atoms with E-state index >= 15 is 0 Å². The van der Waals surface area contributed by atoms with Crippen LogP contribution >= 0.6 is 0 Å². The summed E-state index contributed by atoms with van der Waals surface area (Å²) < 4.78 is 5.57. The summed E-state index contributed by atoms with van der Waals surface area (Å²) in [6, 6.07) is 15.1. The van der Waals surface area contributed by atoms with Gasteiger partial charge in [0.1, 0.15) is 5.75 Å². The van der Waals surface area contributed by atoms with Gasteiger partial charge >= 0.3 is 5.97 Å². The first-order valence-corrected chi connectivity index (χ1v) is 9.80. The van der Waals surface area contributed by atoms with E-state index in [0.717, 1.165) is 25.7 Å². The second-order valence-electron chi connectivity index (χ2n) is 8.46. The van der Waals surface area contributed by atoms with Crippen LogP contribution in [0.2, 0.25) is 0 Å². The van der Waals surface area contributed by atoms with Crippen molar-refractivity contribution in [3.05, 3.63) is 64.7 Å². The van der Waals surface area contributed by atoms with Crippen molar-refractivity contribution in [3.8, 4) is 5.75 Å². The quantitative estimate of drug-likeness (QED) is 0.510. The fourth-order valence-corrected chi connectivity index (χ4v) is 3.75. The highest BCUT2D eigenvalue weighted by Crippen LogP contribution is 2.36. The molecule has 0 fully saturated rings. The van der Waals surface area contributed by atoms with Crippen LogP contribution in [0.1, 0.15) is 68.7 Å². The van der Waals surface area contributed by atoms with Gasteiger partial charge in [0.15, 0.2) is 0 Å². The second kappa shape index (κ2) is 7.65. The zero-order valence-electron chi connectivity index (χ0n) is 16.5. The maximum atomic E-state index is 12.1. The number of carbonyl (C=O) groups is 1. The Morgan fingerprint density at radius 2 is 1.88 bits per heavy atom. The maximum Gasteiger partial charge on any atom is 0.316 e. The summed E-state index contributed by atoms with van der Waals surface area (Å²) in [5.74, 6) is 1.08. The molecule has 0 amide bonds. The van der Waals surface area contributed by atoms with Crippen LogP contribution < -0.4 is 4.74 Å². The summed E-state index contributed by atoms with van der Waals surface area (Å²) >= 11 is 0. The lowest BCUT2D eigenvalue weighted by Gasteiger charge is -2.27. The van der Waals surface area contributed by atoms with Gasteiger partial charge in [-0.1, -0.05) is 43.7 Å². The minimum Gasteiger partial charge on any atom is -0.426 e. The van der Waals surface area contributed by atoms with Gasteiger partial charge in [-0.3, -0.25) is 4.79 Å². The van der Waals surface area contributed by atoms with E-state index in [1.165, 1.54) is 28.7 Å². The van der Waals surface area contributed by atoms with Crippen LogP contribution in [0, 0.1) is 5.41 Å². The minimum atomic E-state index is -0.482. The molecule has 2 aromatic carbocycles. The highest BCUT2D eigenvalue weighted by molar-refractivity contribution is 5.77. The van der Waals surface area contributed by atoms with Gasteiger partial charge in [0, 0.05) is 0 Å². The molecule has 0 N–H and O–H groups in total. The molecule has 2 heteroatoms. The number of benzene rings is 2. The van der Waals surface area contributed by atoms with Gasteiger partial charge in [0.25, 0.3) is 0 Å². The number of carbonyl (C=O) groups excluding carboxylic acids is 1. The standard InChI is InChI=1S/C24H30O2/c1-5-8-17-9-6-7-10-22(17)20-12-11-19-16-21(14-13-18(19)15-20)26-23(25)24(2,3)4/h6-7,9-10,13-14,16,20H,5,8,11-12,15H2,1-4H3/t20-/m1/s1. The van der Waals surface area contributed by atoms with E-state index in [1.807, 2.05) is 26.8 Å². The van der Waals surface area contributed by atoms with Crippen molar-refractivity contribution >= 4 is 5.97 Å². The summed E-state index contributed by atoms with van der Waals surface area (Å²) in [5, 5.41) is 0. The van der Waals surface area contributed by atoms with Crippen molar-refractivity contribution in [1.29, 1.82) is 0 Å². The van der Waals surface area contributed by atoms with E-state index < -0.39 is 5.41 Å². The van der Waals surface area contributed by atoms with Gasteiger partial charge in [0.2, 0.25) is 0 Å². The molecule has 1 aliphatic carbocycles. The Bertz CT molecular complexity index is 783. The Labute approximate surface area is 157 Å². The van der Waals surface area contributed by atoms with Gasteiger partial charge in [-0.2, -0.15) is 0 Å². The van der Waals surface area contributed by atoms with Crippen molar-refractivity contribution in [2.45, 2.75) is 65.7 Å². The van der Waals surface area contributed by atoms with Gasteiger partial charge in [-0.15, -0.1) is 0 Å². The number of hydrogen-bond acceptors (Lipinski definition) is 2. The molecule has 1 aliphatic rings. The van der Waals surface area contributed by atoms with Crippen LogP contribution in [-0.4, -0.2) is 5.97 Å². The van der Waals surface area contributed by atoms with Crippen molar-refractivity contribution in [2.24, 2.45) is 5.41 Å². The molecule has 0 radical (unpaired) electrons. The maximum absolute atomic E-state index is 12.1. The van der Waals surface area contributed by atoms with Crippen LogP contribution in [0.4, 0.5) is 0 Å². The third-order valence-electron chi connectivity index (χ3n) is 5.24. The zero-order chi connectivity index (χ0) is 18.7. The second-order valence-corrected chi connectivity index (χ2v) is 8.46. The van der Waals surface area contributed by atoms with Crippen LogP contribution in [0.3, 0.4) is 0 Å². The van der Waals surface area contributed by atoms with Crippen LogP contribution in [0.15, 0.2) is 42.5 Å². The molecule has 0 aromatic heterocycles. The Morgan fingerprint density at radius 3 is 2.62 bits per heavy atom. The molecule has 0 heterocycles. The number of ether oxygens (including phenoxy) is 1. The van der Waals surface area contributed by atoms with E-state index in [-0.39, 0.29) is 5.97 Å². The summed E-state index contributed by atoms with van der Waals surface area (Å²) in [6.45, 7) is 7.89. The van der Waals surface area contributed by atoms with E-state index in [4.69, 9.17) is 4.74 Å². The lowest BCUT2D eigenvalue weighted by Crippen LogP contribution is -2.25. The van der Waals surface area contributed by atoms with Crippen molar-refractivity contribution < 1.29 is 9.53 Å². The predicted octanol–water partition coefficient (Wildman–Crippen LogP) is 5.86. The van der Waals surface area contributed by atoms with Crippen molar-refractivity contribution in [3.63, 3.8) is 0 Å². The molecular weight excluding hydrogens is 320 g/mol. The number of fused-ring (bicyclic) bond motifs is 1. The Kier molecular flexibility index (Phi) is 5.50. The molecule has 26 heavy (non-hydrogen) atoms.